The van der Waals surface area contributed by atoms with Crippen molar-refractivity contribution in [3.63, 3.8) is 0 Å². The predicted molar refractivity (Wildman–Crippen MR) is 59.0 cm³/mol. The van der Waals surface area contributed by atoms with Crippen LogP contribution in [0, 0.1) is 22.7 Å². The van der Waals surface area contributed by atoms with Crippen LogP contribution in [0.5, 0.6) is 0 Å². The first-order chi connectivity index (χ1) is 6.52. The second kappa shape index (κ2) is 3.23. The van der Waals surface area contributed by atoms with E-state index in [9.17, 15) is 5.11 Å². The molecule has 3 fully saturated rings. The summed E-state index contributed by atoms with van der Waals surface area (Å²) in [5.74, 6) is 1.32. The average Bonchev–Trinajstić information content (AvgIpc) is 2.17. The third kappa shape index (κ3) is 1.32. The highest BCUT2D eigenvalue weighted by Gasteiger charge is 2.53. The van der Waals surface area contributed by atoms with Crippen molar-refractivity contribution in [2.45, 2.75) is 52.9 Å². The van der Waals surface area contributed by atoms with Gasteiger partial charge in [0.25, 0.3) is 0 Å². The molecule has 1 N–H and O–H groups in total. The van der Waals surface area contributed by atoms with Crippen molar-refractivity contribution >= 4 is 0 Å². The maximum absolute atomic E-state index is 9.54. The first-order valence-electron chi connectivity index (χ1n) is 6.13. The lowest BCUT2D eigenvalue weighted by atomic mass is 9.47. The fraction of sp³-hybridized carbons (Fsp3) is 1.00. The van der Waals surface area contributed by atoms with Gasteiger partial charge >= 0.3 is 0 Å². The molecule has 1 atom stereocenters. The van der Waals surface area contributed by atoms with E-state index in [0.29, 0.717) is 23.4 Å². The van der Waals surface area contributed by atoms with E-state index < -0.39 is 0 Å². The summed E-state index contributed by atoms with van der Waals surface area (Å²) >= 11 is 0. The quantitative estimate of drug-likeness (QED) is 0.719. The lowest BCUT2D eigenvalue weighted by Crippen LogP contribution is -2.50. The van der Waals surface area contributed by atoms with Crippen LogP contribution in [-0.4, -0.2) is 11.7 Å². The van der Waals surface area contributed by atoms with E-state index in [0.717, 1.165) is 5.92 Å². The summed E-state index contributed by atoms with van der Waals surface area (Å²) in [4.78, 5) is 0. The van der Waals surface area contributed by atoms with Crippen LogP contribution in [0.15, 0.2) is 0 Å². The van der Waals surface area contributed by atoms with Crippen LogP contribution in [-0.2, 0) is 0 Å². The summed E-state index contributed by atoms with van der Waals surface area (Å²) in [5.41, 5.74) is 1.04. The summed E-state index contributed by atoms with van der Waals surface area (Å²) in [6, 6.07) is 0. The van der Waals surface area contributed by atoms with Crippen molar-refractivity contribution in [1.82, 2.24) is 0 Å². The molecule has 3 saturated carbocycles. The normalized spacial score (nSPS) is 47.4. The summed E-state index contributed by atoms with van der Waals surface area (Å²) in [7, 11) is 0. The van der Waals surface area contributed by atoms with Gasteiger partial charge in [0.1, 0.15) is 0 Å². The Bertz CT molecular complexity index is 211. The van der Waals surface area contributed by atoms with Gasteiger partial charge in [-0.3, -0.25) is 0 Å². The van der Waals surface area contributed by atoms with Crippen LogP contribution < -0.4 is 0 Å². The summed E-state index contributed by atoms with van der Waals surface area (Å²) < 4.78 is 0. The van der Waals surface area contributed by atoms with Gasteiger partial charge in [-0.05, 0) is 54.8 Å². The van der Waals surface area contributed by atoms with E-state index in [-0.39, 0.29) is 0 Å². The second-order valence-corrected chi connectivity index (χ2v) is 6.28. The smallest absolute Gasteiger partial charge is 0.0464 e. The van der Waals surface area contributed by atoms with Gasteiger partial charge in [-0.1, -0.05) is 20.8 Å². The monoisotopic (exact) mass is 196 g/mol. The van der Waals surface area contributed by atoms with Crippen LogP contribution in [0.4, 0.5) is 0 Å². The van der Waals surface area contributed by atoms with Gasteiger partial charge in [-0.25, -0.2) is 0 Å². The Labute approximate surface area is 87.9 Å². The number of rotatable bonds is 2. The number of fused-ring (bicyclic) bond motifs is 3. The van der Waals surface area contributed by atoms with Gasteiger partial charge in [0.05, 0.1) is 0 Å². The van der Waals surface area contributed by atoms with Crippen molar-refractivity contribution in [3.8, 4) is 0 Å². The van der Waals surface area contributed by atoms with E-state index in [2.05, 4.69) is 20.8 Å². The van der Waals surface area contributed by atoms with Crippen LogP contribution >= 0.6 is 0 Å². The molecule has 3 rings (SSSR count). The van der Waals surface area contributed by atoms with E-state index in [1.165, 1.54) is 32.1 Å². The molecule has 0 saturated heterocycles. The fourth-order valence-electron chi connectivity index (χ4n) is 4.02. The maximum atomic E-state index is 9.54. The molecule has 1 unspecified atom stereocenters. The van der Waals surface area contributed by atoms with E-state index in [4.69, 9.17) is 0 Å². The lowest BCUT2D eigenvalue weighted by molar-refractivity contribution is -0.102. The van der Waals surface area contributed by atoms with Crippen molar-refractivity contribution in [3.05, 3.63) is 0 Å². The minimum Gasteiger partial charge on any atom is -0.396 e. The highest BCUT2D eigenvalue weighted by Crippen LogP contribution is 2.62. The van der Waals surface area contributed by atoms with Crippen LogP contribution in [0.1, 0.15) is 52.9 Å². The Morgan fingerprint density at radius 3 is 2.21 bits per heavy atom. The van der Waals surface area contributed by atoms with Gasteiger partial charge in [0, 0.05) is 6.61 Å². The molecular formula is C13H24O. The minimum absolute atomic E-state index is 0.410. The second-order valence-electron chi connectivity index (χ2n) is 6.28. The zero-order valence-electron chi connectivity index (χ0n) is 9.84. The first-order valence-corrected chi connectivity index (χ1v) is 6.13. The van der Waals surface area contributed by atoms with Gasteiger partial charge in [-0.15, -0.1) is 0 Å². The minimum atomic E-state index is 0.410. The number of aliphatic hydroxyl groups excluding tert-OH is 1. The maximum Gasteiger partial charge on any atom is 0.0464 e. The molecule has 14 heavy (non-hydrogen) atoms. The van der Waals surface area contributed by atoms with Crippen LogP contribution in [0.3, 0.4) is 0 Å². The SMILES string of the molecule is CC(C)C12CCC(C)(CC1)CC2CO. The molecule has 0 heterocycles. The lowest BCUT2D eigenvalue weighted by Gasteiger charge is -2.58. The van der Waals surface area contributed by atoms with Crippen molar-refractivity contribution in [1.29, 1.82) is 0 Å². The number of hydrogen-bond acceptors (Lipinski definition) is 1. The van der Waals surface area contributed by atoms with Crippen molar-refractivity contribution in [2.75, 3.05) is 6.61 Å². The zero-order chi connectivity index (χ0) is 10.4. The predicted octanol–water partition coefficient (Wildman–Crippen LogP) is 3.22. The molecule has 3 aliphatic rings. The summed E-state index contributed by atoms with van der Waals surface area (Å²) in [6.45, 7) is 7.51. The average molecular weight is 196 g/mol. The van der Waals surface area contributed by atoms with Crippen LogP contribution in [0.25, 0.3) is 0 Å². The van der Waals surface area contributed by atoms with E-state index in [1.54, 1.807) is 0 Å². The molecule has 0 amide bonds. The molecule has 0 radical (unpaired) electrons. The molecule has 0 aromatic heterocycles. The molecule has 0 aliphatic heterocycles. The largest absolute Gasteiger partial charge is 0.396 e. The third-order valence-corrected chi connectivity index (χ3v) is 5.31. The molecule has 1 heteroatoms. The Hall–Kier alpha value is -0.0400. The molecule has 2 bridgehead atoms. The standard InChI is InChI=1S/C13H24O/c1-10(2)13-6-4-12(3,5-7-13)8-11(13)9-14/h10-11,14H,4-9H2,1-3H3. The highest BCUT2D eigenvalue weighted by atomic mass is 16.3. The number of hydrogen-bond donors (Lipinski definition) is 1. The molecule has 0 spiro atoms. The third-order valence-electron chi connectivity index (χ3n) is 5.31. The van der Waals surface area contributed by atoms with Crippen molar-refractivity contribution < 1.29 is 5.11 Å². The van der Waals surface area contributed by atoms with Gasteiger partial charge in [0.15, 0.2) is 0 Å². The molecule has 3 aliphatic carbocycles. The van der Waals surface area contributed by atoms with Crippen molar-refractivity contribution in [2.24, 2.45) is 22.7 Å². The number of aliphatic hydroxyl groups is 1. The Morgan fingerprint density at radius 1 is 1.21 bits per heavy atom. The molecular weight excluding hydrogens is 172 g/mol. The van der Waals surface area contributed by atoms with Gasteiger partial charge in [0.2, 0.25) is 0 Å². The Morgan fingerprint density at radius 2 is 1.79 bits per heavy atom. The summed E-state index contributed by atoms with van der Waals surface area (Å²) in [5, 5.41) is 9.54. The summed E-state index contributed by atoms with van der Waals surface area (Å²) in [6.07, 6.45) is 6.75. The van der Waals surface area contributed by atoms with E-state index in [1.807, 2.05) is 0 Å². The van der Waals surface area contributed by atoms with Gasteiger partial charge < -0.3 is 5.11 Å². The van der Waals surface area contributed by atoms with Crippen LogP contribution in [0.2, 0.25) is 0 Å². The molecule has 0 aromatic carbocycles. The van der Waals surface area contributed by atoms with E-state index >= 15 is 0 Å². The molecule has 1 nitrogen and oxygen atoms in total. The molecule has 0 aromatic rings. The van der Waals surface area contributed by atoms with Gasteiger partial charge in [-0.2, -0.15) is 0 Å². The first kappa shape index (κ1) is 10.5. The zero-order valence-corrected chi connectivity index (χ0v) is 9.84. The highest BCUT2D eigenvalue weighted by molar-refractivity contribution is 5.03. The molecule has 82 valence electrons. The Kier molecular flexibility index (Phi) is 2.42. The Balaban J connectivity index is 2.25. The fourth-order valence-corrected chi connectivity index (χ4v) is 4.02. The topological polar surface area (TPSA) is 20.2 Å².